The van der Waals surface area contributed by atoms with E-state index in [-0.39, 0.29) is 19.1 Å². The normalized spacial score (nSPS) is 14.3. The molecular weight excluding hydrogens is 780 g/mol. The highest BCUT2D eigenvalue weighted by molar-refractivity contribution is 7.45. The molecule has 0 aliphatic rings. The van der Waals surface area contributed by atoms with Crippen molar-refractivity contribution in [1.82, 2.24) is 5.32 Å². The Bertz CT molecular complexity index is 1050. The van der Waals surface area contributed by atoms with Crippen molar-refractivity contribution in [2.75, 3.05) is 40.9 Å². The fourth-order valence-electron chi connectivity index (χ4n) is 7.80. The molecule has 0 aliphatic heterocycles. The van der Waals surface area contributed by atoms with Gasteiger partial charge in [-0.2, -0.15) is 0 Å². The van der Waals surface area contributed by atoms with Gasteiger partial charge in [-0.25, -0.2) is 0 Å². The number of nitrogens with zero attached hydrogens (tertiary/aromatic N) is 1. The van der Waals surface area contributed by atoms with Crippen molar-refractivity contribution in [2.45, 2.75) is 264 Å². The van der Waals surface area contributed by atoms with Crippen LogP contribution in [0.15, 0.2) is 24.3 Å². The van der Waals surface area contributed by atoms with E-state index in [2.05, 4.69) is 43.5 Å². The summed E-state index contributed by atoms with van der Waals surface area (Å²) in [5.74, 6) is -0.174. The van der Waals surface area contributed by atoms with E-state index in [1.54, 1.807) is 0 Å². The topological polar surface area (TPSA) is 108 Å². The Balaban J connectivity index is 4.19. The zero-order chi connectivity index (χ0) is 45.0. The first kappa shape index (κ1) is 60.0. The molecule has 0 saturated heterocycles. The third-order valence-electron chi connectivity index (χ3n) is 12.0. The molecule has 8 nitrogen and oxygen atoms in total. The third kappa shape index (κ3) is 46.8. The van der Waals surface area contributed by atoms with Crippen LogP contribution in [0.5, 0.6) is 0 Å². The van der Waals surface area contributed by atoms with Crippen LogP contribution in [0.25, 0.3) is 0 Å². The van der Waals surface area contributed by atoms with Gasteiger partial charge in [-0.3, -0.25) is 9.36 Å². The molecule has 0 bridgehead atoms. The number of hydrogen-bond donors (Lipinski definition) is 2. The molecule has 9 heteroatoms. The van der Waals surface area contributed by atoms with Crippen molar-refractivity contribution in [3.05, 3.63) is 24.3 Å². The van der Waals surface area contributed by atoms with Crippen LogP contribution >= 0.6 is 7.82 Å². The second-order valence-electron chi connectivity index (χ2n) is 19.3. The lowest BCUT2D eigenvalue weighted by molar-refractivity contribution is -0.870. The minimum atomic E-state index is -4.57. The Morgan fingerprint density at radius 3 is 1.36 bits per heavy atom. The fraction of sp³-hybridized carbons (Fsp3) is 0.904. The Kier molecular flexibility index (Phi) is 43.5. The van der Waals surface area contributed by atoms with Crippen LogP contribution in [0.3, 0.4) is 0 Å². The van der Waals surface area contributed by atoms with Crippen molar-refractivity contribution in [3.8, 4) is 0 Å². The number of carbonyl (C=O) groups is 1. The molecule has 61 heavy (non-hydrogen) atoms. The van der Waals surface area contributed by atoms with Gasteiger partial charge in [0.2, 0.25) is 5.91 Å². The molecule has 0 aromatic heterocycles. The van der Waals surface area contributed by atoms with Gasteiger partial charge in [0, 0.05) is 6.42 Å². The van der Waals surface area contributed by atoms with Crippen molar-refractivity contribution >= 4 is 13.7 Å². The van der Waals surface area contributed by atoms with E-state index < -0.39 is 20.0 Å². The molecule has 0 heterocycles. The number of aliphatic hydroxyl groups excluding tert-OH is 1. The lowest BCUT2D eigenvalue weighted by Crippen LogP contribution is -2.46. The summed E-state index contributed by atoms with van der Waals surface area (Å²) in [4.78, 5) is 25.4. The summed E-state index contributed by atoms with van der Waals surface area (Å²) in [5, 5.41) is 14.0. The van der Waals surface area contributed by atoms with Gasteiger partial charge in [-0.05, 0) is 38.5 Å². The number of phosphoric ester groups is 1. The van der Waals surface area contributed by atoms with Gasteiger partial charge in [0.15, 0.2) is 0 Å². The van der Waals surface area contributed by atoms with Crippen LogP contribution < -0.4 is 10.2 Å². The van der Waals surface area contributed by atoms with Gasteiger partial charge in [0.1, 0.15) is 13.2 Å². The van der Waals surface area contributed by atoms with Crippen LogP contribution in [-0.4, -0.2) is 68.5 Å². The maximum absolute atomic E-state index is 12.9. The van der Waals surface area contributed by atoms with Gasteiger partial charge in [0.25, 0.3) is 7.82 Å². The molecule has 2 N–H and O–H groups in total. The lowest BCUT2D eigenvalue weighted by Gasteiger charge is -2.30. The summed E-state index contributed by atoms with van der Waals surface area (Å²) in [6.45, 7) is 4.70. The number of rotatable bonds is 48. The van der Waals surface area contributed by atoms with Crippen LogP contribution in [0, 0.1) is 0 Å². The van der Waals surface area contributed by atoms with E-state index in [1.165, 1.54) is 173 Å². The predicted molar refractivity (Wildman–Crippen MR) is 261 cm³/mol. The van der Waals surface area contributed by atoms with Crippen LogP contribution in [0.2, 0.25) is 0 Å². The van der Waals surface area contributed by atoms with Gasteiger partial charge < -0.3 is 28.8 Å². The molecule has 362 valence electrons. The van der Waals surface area contributed by atoms with Gasteiger partial charge in [-0.15, -0.1) is 0 Å². The van der Waals surface area contributed by atoms with Crippen LogP contribution in [0.4, 0.5) is 0 Å². The zero-order valence-corrected chi connectivity index (χ0v) is 42.0. The largest absolute Gasteiger partial charge is 0.756 e. The second-order valence-corrected chi connectivity index (χ2v) is 20.7. The molecule has 3 unspecified atom stereocenters. The first-order chi connectivity index (χ1) is 29.5. The number of aliphatic hydroxyl groups is 1. The first-order valence-electron chi connectivity index (χ1n) is 26.2. The number of likely N-dealkylation sites (N-methyl/N-ethyl adjacent to an activating group) is 1. The highest BCUT2D eigenvalue weighted by Gasteiger charge is 2.24. The van der Waals surface area contributed by atoms with E-state index in [4.69, 9.17) is 9.05 Å². The van der Waals surface area contributed by atoms with Crippen LogP contribution in [-0.2, 0) is 18.4 Å². The molecule has 0 aromatic rings. The maximum Gasteiger partial charge on any atom is 0.268 e. The molecule has 0 fully saturated rings. The average molecular weight is 883 g/mol. The number of allylic oxidation sites excluding steroid dienone is 4. The quantitative estimate of drug-likeness (QED) is 0.0273. The van der Waals surface area contributed by atoms with E-state index >= 15 is 0 Å². The van der Waals surface area contributed by atoms with Crippen molar-refractivity contribution in [2.24, 2.45) is 0 Å². The second kappa shape index (κ2) is 44.2. The number of nitrogens with one attached hydrogen (secondary N) is 1. The van der Waals surface area contributed by atoms with E-state index in [1.807, 2.05) is 21.1 Å². The Morgan fingerprint density at radius 2 is 0.934 bits per heavy atom. The summed E-state index contributed by atoms with van der Waals surface area (Å²) in [7, 11) is 1.30. The number of hydrogen-bond acceptors (Lipinski definition) is 6. The van der Waals surface area contributed by atoms with Crippen LogP contribution in [0.1, 0.15) is 251 Å². The zero-order valence-electron chi connectivity index (χ0n) is 41.1. The van der Waals surface area contributed by atoms with Crippen molar-refractivity contribution in [1.29, 1.82) is 0 Å². The van der Waals surface area contributed by atoms with Gasteiger partial charge >= 0.3 is 0 Å². The Labute approximate surface area is 379 Å². The minimum Gasteiger partial charge on any atom is -0.756 e. The highest BCUT2D eigenvalue weighted by atomic mass is 31.2. The van der Waals surface area contributed by atoms with E-state index in [0.717, 1.165) is 51.4 Å². The lowest BCUT2D eigenvalue weighted by atomic mass is 10.0. The predicted octanol–water partition coefficient (Wildman–Crippen LogP) is 14.6. The molecule has 0 rings (SSSR count). The Morgan fingerprint density at radius 1 is 0.574 bits per heavy atom. The summed E-state index contributed by atoms with van der Waals surface area (Å²) in [5.41, 5.74) is 0. The number of carbonyl (C=O) groups excluding carboxylic acids is 1. The molecule has 0 radical (unpaired) electrons. The molecule has 0 aromatic carbocycles. The Hall–Kier alpha value is -1.02. The number of unbranched alkanes of at least 4 members (excludes halogenated alkanes) is 32. The van der Waals surface area contributed by atoms with Crippen molar-refractivity contribution < 1.29 is 32.9 Å². The summed E-state index contributed by atoms with van der Waals surface area (Å²) in [6, 6.07) is -0.805. The first-order valence-corrected chi connectivity index (χ1v) is 27.7. The molecule has 0 spiro atoms. The summed E-state index contributed by atoms with van der Waals surface area (Å²) >= 11 is 0. The molecule has 0 aliphatic carbocycles. The summed E-state index contributed by atoms with van der Waals surface area (Å²) in [6.07, 6.45) is 53.4. The SMILES string of the molecule is CCCCC/C=C\C=C/CCCCCCCCC(=O)NC(COP(=O)([O-])OCC[N+](C)(C)C)C(O)CCCCCCCCCCCCCCCCCCCCCCCCCC. The molecule has 0 saturated carbocycles. The standard InChI is InChI=1S/C52H103N2O6P/c1-6-8-10-12-14-16-18-20-22-23-24-25-26-27-28-29-30-32-33-35-37-39-41-43-45-51(55)50(49-60-61(57,58)59-48-47-54(3,4)5)53-52(56)46-44-42-40-38-36-34-31-21-19-17-15-13-11-9-7-2/h15,17,19,21,50-51,55H,6-14,16,18,20,22-49H2,1-5H3,(H-,53,56,57,58)/b17-15-,21-19-. The van der Waals surface area contributed by atoms with E-state index in [0.29, 0.717) is 23.9 Å². The van der Waals surface area contributed by atoms with Crippen molar-refractivity contribution in [3.63, 3.8) is 0 Å². The van der Waals surface area contributed by atoms with E-state index in [9.17, 15) is 19.4 Å². The number of quaternary nitrogens is 1. The van der Waals surface area contributed by atoms with Gasteiger partial charge in [-0.1, -0.05) is 231 Å². The highest BCUT2D eigenvalue weighted by Crippen LogP contribution is 2.38. The number of amides is 1. The van der Waals surface area contributed by atoms with Gasteiger partial charge in [0.05, 0.1) is 39.9 Å². The smallest absolute Gasteiger partial charge is 0.268 e. The molecular formula is C52H103N2O6P. The molecule has 1 amide bonds. The maximum atomic E-state index is 12.9. The molecule has 3 atom stereocenters. The monoisotopic (exact) mass is 883 g/mol. The number of phosphoric acid groups is 1. The average Bonchev–Trinajstić information content (AvgIpc) is 3.21. The minimum absolute atomic E-state index is 0.0105. The fourth-order valence-corrected chi connectivity index (χ4v) is 8.52. The third-order valence-corrected chi connectivity index (χ3v) is 12.9. The summed E-state index contributed by atoms with van der Waals surface area (Å²) < 4.78 is 23.3.